The third-order valence-electron chi connectivity index (χ3n) is 5.42. The lowest BCUT2D eigenvalue weighted by molar-refractivity contribution is -0.128. The summed E-state index contributed by atoms with van der Waals surface area (Å²) in [5, 5.41) is 1.19. The van der Waals surface area contributed by atoms with E-state index in [-0.39, 0.29) is 23.0 Å². The first-order chi connectivity index (χ1) is 15.1. The summed E-state index contributed by atoms with van der Waals surface area (Å²) < 4.78 is 14.8. The second kappa shape index (κ2) is 9.51. The summed E-state index contributed by atoms with van der Waals surface area (Å²) in [7, 11) is 0. The highest BCUT2D eigenvalue weighted by atomic mass is 32.2. The highest BCUT2D eigenvalue weighted by Crippen LogP contribution is 2.20. The number of carbonyl (C=O) groups excluding carboxylic acids is 1. The van der Waals surface area contributed by atoms with Crippen LogP contribution in [0.3, 0.4) is 0 Å². The van der Waals surface area contributed by atoms with Crippen molar-refractivity contribution in [2.24, 2.45) is 0 Å². The number of benzene rings is 2. The monoisotopic (exact) mass is 440 g/mol. The van der Waals surface area contributed by atoms with Crippen LogP contribution < -0.4 is 10.5 Å². The molecule has 0 bridgehead atoms. The van der Waals surface area contributed by atoms with Crippen molar-refractivity contribution >= 4 is 34.3 Å². The zero-order chi connectivity index (χ0) is 21.8. The predicted molar refractivity (Wildman–Crippen MR) is 122 cm³/mol. The van der Waals surface area contributed by atoms with Gasteiger partial charge >= 0.3 is 0 Å². The van der Waals surface area contributed by atoms with Gasteiger partial charge in [-0.05, 0) is 42.8 Å². The van der Waals surface area contributed by atoms with Gasteiger partial charge in [0.05, 0.1) is 16.7 Å². The number of aromatic nitrogens is 2. The number of para-hydroxylation sites is 1. The van der Waals surface area contributed by atoms with Crippen LogP contribution in [0.5, 0.6) is 0 Å². The van der Waals surface area contributed by atoms with E-state index < -0.39 is 0 Å². The van der Waals surface area contributed by atoms with Crippen LogP contribution >= 0.6 is 11.8 Å². The van der Waals surface area contributed by atoms with Crippen LogP contribution in [0, 0.1) is 5.82 Å². The molecule has 3 aromatic rings. The number of nitrogens with zero attached hydrogens (tertiary/aromatic N) is 4. The van der Waals surface area contributed by atoms with Gasteiger partial charge in [-0.15, -0.1) is 0 Å². The summed E-state index contributed by atoms with van der Waals surface area (Å²) >= 11 is 1.32. The number of carbonyl (C=O) groups is 1. The number of hydrogen-bond donors (Lipinski definition) is 0. The quantitative estimate of drug-likeness (QED) is 0.434. The molecule has 8 heteroatoms. The minimum atomic E-state index is -0.251. The van der Waals surface area contributed by atoms with Crippen LogP contribution in [0.25, 0.3) is 10.9 Å². The van der Waals surface area contributed by atoms with Crippen molar-refractivity contribution in [3.63, 3.8) is 0 Å². The van der Waals surface area contributed by atoms with Crippen LogP contribution in [0.15, 0.2) is 58.5 Å². The lowest BCUT2D eigenvalue weighted by atomic mass is 10.2. The smallest absolute Gasteiger partial charge is 0.262 e. The number of rotatable bonds is 6. The highest BCUT2D eigenvalue weighted by Gasteiger charge is 2.22. The standard InChI is InChI=1S/C23H25FN4O2S/c1-2-11-28-22(30)19-5-3-4-6-20(19)25-23(28)31-16-21(29)27-14-12-26(13-15-27)18-9-7-17(24)8-10-18/h3-10H,2,11-16H2,1H3. The van der Waals surface area contributed by atoms with Crippen molar-refractivity contribution in [2.45, 2.75) is 25.0 Å². The van der Waals surface area contributed by atoms with Gasteiger partial charge in [0.1, 0.15) is 5.82 Å². The fourth-order valence-corrected chi connectivity index (χ4v) is 4.69. The summed E-state index contributed by atoms with van der Waals surface area (Å²) in [4.78, 5) is 34.3. The van der Waals surface area contributed by atoms with E-state index in [1.54, 1.807) is 22.8 Å². The van der Waals surface area contributed by atoms with Crippen molar-refractivity contribution in [3.05, 3.63) is 64.7 Å². The lowest BCUT2D eigenvalue weighted by Gasteiger charge is -2.36. The molecular formula is C23H25FN4O2S. The molecule has 0 aliphatic carbocycles. The Hall–Kier alpha value is -2.87. The number of fused-ring (bicyclic) bond motifs is 1. The Morgan fingerprint density at radius 1 is 1.06 bits per heavy atom. The molecule has 0 saturated carbocycles. The lowest BCUT2D eigenvalue weighted by Crippen LogP contribution is -2.49. The van der Waals surface area contributed by atoms with Crippen molar-refractivity contribution in [2.75, 3.05) is 36.8 Å². The van der Waals surface area contributed by atoms with Gasteiger partial charge in [0.15, 0.2) is 5.16 Å². The molecule has 0 N–H and O–H groups in total. The van der Waals surface area contributed by atoms with Crippen molar-refractivity contribution in [1.29, 1.82) is 0 Å². The predicted octanol–water partition coefficient (Wildman–Crippen LogP) is 3.39. The Morgan fingerprint density at radius 3 is 2.48 bits per heavy atom. The van der Waals surface area contributed by atoms with Gasteiger partial charge in [-0.25, -0.2) is 9.37 Å². The van der Waals surface area contributed by atoms with E-state index in [0.717, 1.165) is 12.1 Å². The highest BCUT2D eigenvalue weighted by molar-refractivity contribution is 7.99. The van der Waals surface area contributed by atoms with E-state index in [1.807, 2.05) is 30.0 Å². The molecular weight excluding hydrogens is 415 g/mol. The summed E-state index contributed by atoms with van der Waals surface area (Å²) in [6.45, 7) is 5.23. The van der Waals surface area contributed by atoms with Gasteiger partial charge in [-0.1, -0.05) is 30.8 Å². The van der Waals surface area contributed by atoms with E-state index >= 15 is 0 Å². The molecule has 1 fully saturated rings. The molecule has 0 atom stereocenters. The SMILES string of the molecule is CCCn1c(SCC(=O)N2CCN(c3ccc(F)cc3)CC2)nc2ccccc2c1=O. The molecule has 162 valence electrons. The van der Waals surface area contributed by atoms with Crippen LogP contribution in [0.1, 0.15) is 13.3 Å². The average molecular weight is 441 g/mol. The maximum atomic E-state index is 13.1. The van der Waals surface area contributed by atoms with Crippen molar-refractivity contribution < 1.29 is 9.18 Å². The minimum absolute atomic E-state index is 0.0363. The van der Waals surface area contributed by atoms with Crippen LogP contribution in [0.2, 0.25) is 0 Å². The fraction of sp³-hybridized carbons (Fsp3) is 0.348. The summed E-state index contributed by atoms with van der Waals surface area (Å²) in [6.07, 6.45) is 0.812. The van der Waals surface area contributed by atoms with E-state index in [2.05, 4.69) is 9.88 Å². The molecule has 2 aromatic carbocycles. The van der Waals surface area contributed by atoms with Crippen LogP contribution in [-0.2, 0) is 11.3 Å². The normalized spacial score (nSPS) is 14.3. The number of thioether (sulfide) groups is 1. The maximum Gasteiger partial charge on any atom is 0.262 e. The molecule has 1 aliphatic rings. The topological polar surface area (TPSA) is 58.4 Å². The molecule has 0 radical (unpaired) electrons. The summed E-state index contributed by atoms with van der Waals surface area (Å²) in [6, 6.07) is 13.8. The third-order valence-corrected chi connectivity index (χ3v) is 6.38. The van der Waals surface area contributed by atoms with E-state index in [4.69, 9.17) is 0 Å². The third kappa shape index (κ3) is 4.74. The Morgan fingerprint density at radius 2 is 1.77 bits per heavy atom. The van der Waals surface area contributed by atoms with E-state index in [9.17, 15) is 14.0 Å². The van der Waals surface area contributed by atoms with E-state index in [0.29, 0.717) is 48.8 Å². The zero-order valence-corrected chi connectivity index (χ0v) is 18.3. The Bertz CT molecular complexity index is 1120. The average Bonchev–Trinajstić information content (AvgIpc) is 2.80. The number of piperazine rings is 1. The van der Waals surface area contributed by atoms with Gasteiger partial charge in [-0.2, -0.15) is 0 Å². The Labute approximate surface area is 184 Å². The number of halogens is 1. The van der Waals surface area contributed by atoms with E-state index in [1.165, 1.54) is 23.9 Å². The van der Waals surface area contributed by atoms with Gasteiger partial charge in [0, 0.05) is 38.4 Å². The molecule has 4 rings (SSSR count). The molecule has 6 nitrogen and oxygen atoms in total. The molecule has 0 spiro atoms. The molecule has 0 unspecified atom stereocenters. The molecule has 2 heterocycles. The van der Waals surface area contributed by atoms with Crippen LogP contribution in [-0.4, -0.2) is 52.3 Å². The number of hydrogen-bond acceptors (Lipinski definition) is 5. The van der Waals surface area contributed by atoms with Crippen molar-refractivity contribution in [3.8, 4) is 0 Å². The second-order valence-corrected chi connectivity index (χ2v) is 8.44. The van der Waals surface area contributed by atoms with Crippen molar-refractivity contribution in [1.82, 2.24) is 14.5 Å². The molecule has 1 saturated heterocycles. The molecule has 1 amide bonds. The maximum absolute atomic E-state index is 13.1. The Kier molecular flexibility index (Phi) is 6.56. The summed E-state index contributed by atoms with van der Waals surface area (Å²) in [5.74, 6) is 0.0260. The zero-order valence-electron chi connectivity index (χ0n) is 17.5. The molecule has 31 heavy (non-hydrogen) atoms. The first-order valence-electron chi connectivity index (χ1n) is 10.5. The van der Waals surface area contributed by atoms with Gasteiger partial charge in [0.2, 0.25) is 5.91 Å². The second-order valence-electron chi connectivity index (χ2n) is 7.50. The number of anilines is 1. The molecule has 1 aliphatic heterocycles. The first-order valence-corrected chi connectivity index (χ1v) is 11.5. The minimum Gasteiger partial charge on any atom is -0.368 e. The number of amides is 1. The Balaban J connectivity index is 1.41. The van der Waals surface area contributed by atoms with Gasteiger partial charge < -0.3 is 9.80 Å². The summed E-state index contributed by atoms with van der Waals surface area (Å²) in [5.41, 5.74) is 1.56. The van der Waals surface area contributed by atoms with Crippen LogP contribution in [0.4, 0.5) is 10.1 Å². The first kappa shape index (κ1) is 21.4. The van der Waals surface area contributed by atoms with Gasteiger partial charge in [0.25, 0.3) is 5.56 Å². The fourth-order valence-electron chi connectivity index (χ4n) is 3.76. The molecule has 1 aromatic heterocycles. The largest absolute Gasteiger partial charge is 0.368 e. The van der Waals surface area contributed by atoms with Gasteiger partial charge in [-0.3, -0.25) is 14.2 Å².